The molecule has 0 radical (unpaired) electrons. The summed E-state index contributed by atoms with van der Waals surface area (Å²) in [7, 11) is 0. The van der Waals surface area contributed by atoms with Crippen molar-refractivity contribution in [1.29, 1.82) is 0 Å². The van der Waals surface area contributed by atoms with Crippen LogP contribution in [-0.4, -0.2) is 27.4 Å². The number of ether oxygens (including phenoxy) is 1. The first-order chi connectivity index (χ1) is 8.93. The van der Waals surface area contributed by atoms with Gasteiger partial charge in [-0.2, -0.15) is 0 Å². The smallest absolute Gasteiger partial charge is 0.328 e. The summed E-state index contributed by atoms with van der Waals surface area (Å²) < 4.78 is 7.50. The first-order valence-corrected chi connectivity index (χ1v) is 6.40. The quantitative estimate of drug-likeness (QED) is 0.628. The van der Waals surface area contributed by atoms with Gasteiger partial charge in [-0.05, 0) is 13.0 Å². The molecule has 5 nitrogen and oxygen atoms in total. The maximum Gasteiger partial charge on any atom is 0.328 e. The fraction of sp³-hybridized carbons (Fsp3) is 0.538. The number of hydrogen-bond donors (Lipinski definition) is 2. The molecular formula is C13H16N2O3S. The van der Waals surface area contributed by atoms with Crippen molar-refractivity contribution in [3.8, 4) is 12.3 Å². The van der Waals surface area contributed by atoms with Crippen molar-refractivity contribution in [2.45, 2.75) is 26.2 Å². The molecule has 1 fully saturated rings. The summed E-state index contributed by atoms with van der Waals surface area (Å²) in [4.78, 5) is 14.5. The van der Waals surface area contributed by atoms with E-state index in [9.17, 15) is 9.90 Å². The van der Waals surface area contributed by atoms with E-state index in [1.807, 2.05) is 13.8 Å². The van der Waals surface area contributed by atoms with Gasteiger partial charge in [0, 0.05) is 12.1 Å². The van der Waals surface area contributed by atoms with Crippen LogP contribution in [0.15, 0.2) is 17.1 Å². The molecule has 0 amide bonds. The van der Waals surface area contributed by atoms with Gasteiger partial charge in [-0.1, -0.05) is 25.1 Å². The molecule has 2 rings (SSSR count). The Morgan fingerprint density at radius 1 is 1.74 bits per heavy atom. The monoisotopic (exact) mass is 280 g/mol. The summed E-state index contributed by atoms with van der Waals surface area (Å²) in [6, 6.07) is 1.61. The lowest BCUT2D eigenvalue weighted by Gasteiger charge is -2.28. The molecule has 1 aromatic heterocycles. The molecule has 4 atom stereocenters. The average molecular weight is 280 g/mol. The van der Waals surface area contributed by atoms with Gasteiger partial charge in [0.25, 0.3) is 0 Å². The third kappa shape index (κ3) is 2.14. The van der Waals surface area contributed by atoms with Crippen molar-refractivity contribution in [1.82, 2.24) is 9.55 Å². The zero-order chi connectivity index (χ0) is 14.2. The molecule has 0 saturated carbocycles. The maximum absolute atomic E-state index is 12.0. The molecular weight excluding hydrogens is 264 g/mol. The van der Waals surface area contributed by atoms with Crippen molar-refractivity contribution in [2.75, 3.05) is 6.61 Å². The van der Waals surface area contributed by atoms with Gasteiger partial charge in [-0.25, -0.2) is 4.79 Å². The second kappa shape index (κ2) is 4.93. The van der Waals surface area contributed by atoms with E-state index >= 15 is 0 Å². The first-order valence-electron chi connectivity index (χ1n) is 5.99. The Bertz CT molecular complexity index is 630. The Morgan fingerprint density at radius 3 is 2.95 bits per heavy atom. The Hall–Kier alpha value is -1.42. The van der Waals surface area contributed by atoms with Crippen LogP contribution in [0.5, 0.6) is 0 Å². The second-order valence-electron chi connectivity index (χ2n) is 4.94. The Kier molecular flexibility index (Phi) is 3.63. The van der Waals surface area contributed by atoms with Crippen LogP contribution in [0.3, 0.4) is 0 Å². The highest BCUT2D eigenvalue weighted by atomic mass is 32.1. The highest BCUT2D eigenvalue weighted by Gasteiger charge is 2.51. The van der Waals surface area contributed by atoms with E-state index in [2.05, 4.69) is 10.9 Å². The van der Waals surface area contributed by atoms with Gasteiger partial charge in [0.1, 0.15) is 4.64 Å². The van der Waals surface area contributed by atoms with Crippen LogP contribution in [0.2, 0.25) is 0 Å². The lowest BCUT2D eigenvalue weighted by molar-refractivity contribution is -0.0445. The third-order valence-corrected chi connectivity index (χ3v) is 4.15. The van der Waals surface area contributed by atoms with Gasteiger partial charge in [0.2, 0.25) is 0 Å². The van der Waals surface area contributed by atoms with Gasteiger partial charge in [-0.15, -0.1) is 6.42 Å². The topological polar surface area (TPSA) is 67.2 Å². The second-order valence-corrected chi connectivity index (χ2v) is 5.38. The molecule has 3 unspecified atom stereocenters. The molecule has 0 spiro atoms. The van der Waals surface area contributed by atoms with Crippen LogP contribution < -0.4 is 5.69 Å². The molecule has 1 aliphatic heterocycles. The summed E-state index contributed by atoms with van der Waals surface area (Å²) in [5.74, 6) is 2.64. The van der Waals surface area contributed by atoms with Crippen molar-refractivity contribution in [3.63, 3.8) is 0 Å². The Morgan fingerprint density at radius 2 is 2.42 bits per heavy atom. The van der Waals surface area contributed by atoms with Crippen LogP contribution in [0.1, 0.15) is 20.1 Å². The van der Waals surface area contributed by atoms with Crippen LogP contribution in [-0.2, 0) is 4.74 Å². The van der Waals surface area contributed by atoms with E-state index in [4.69, 9.17) is 23.4 Å². The number of aliphatic hydroxyl groups excluding tert-OH is 1. The van der Waals surface area contributed by atoms with Gasteiger partial charge < -0.3 is 9.84 Å². The van der Waals surface area contributed by atoms with Gasteiger partial charge in [-0.3, -0.25) is 9.55 Å². The van der Waals surface area contributed by atoms with E-state index in [0.29, 0.717) is 4.64 Å². The minimum absolute atomic E-state index is 0.0671. The predicted molar refractivity (Wildman–Crippen MR) is 73.0 cm³/mol. The van der Waals surface area contributed by atoms with Crippen LogP contribution in [0.25, 0.3) is 0 Å². The first kappa shape index (κ1) is 14.0. The number of aromatic nitrogens is 2. The molecule has 102 valence electrons. The SMILES string of the molecule is C#CC1(C)C(n2ccc(=S)[nH]c2=O)OC(CO)[C@@H]1C. The highest BCUT2D eigenvalue weighted by molar-refractivity contribution is 7.71. The summed E-state index contributed by atoms with van der Waals surface area (Å²) in [5.41, 5.74) is -1.04. The zero-order valence-electron chi connectivity index (χ0n) is 10.8. The molecule has 6 heteroatoms. The number of nitrogens with zero attached hydrogens (tertiary/aromatic N) is 1. The zero-order valence-corrected chi connectivity index (χ0v) is 11.6. The molecule has 1 aliphatic rings. The lowest BCUT2D eigenvalue weighted by Crippen LogP contribution is -2.35. The van der Waals surface area contributed by atoms with Gasteiger partial charge in [0.05, 0.1) is 18.1 Å². The van der Waals surface area contributed by atoms with E-state index in [-0.39, 0.29) is 24.3 Å². The van der Waals surface area contributed by atoms with Crippen LogP contribution in [0, 0.1) is 28.3 Å². The molecule has 1 saturated heterocycles. The molecule has 2 heterocycles. The van der Waals surface area contributed by atoms with E-state index in [1.54, 1.807) is 12.3 Å². The van der Waals surface area contributed by atoms with E-state index in [0.717, 1.165) is 0 Å². The molecule has 2 N–H and O–H groups in total. The molecule has 19 heavy (non-hydrogen) atoms. The molecule has 0 aliphatic carbocycles. The van der Waals surface area contributed by atoms with Crippen LogP contribution >= 0.6 is 12.2 Å². The molecule has 0 aromatic carbocycles. The number of aromatic amines is 1. The minimum Gasteiger partial charge on any atom is -0.394 e. The van der Waals surface area contributed by atoms with Crippen LogP contribution in [0.4, 0.5) is 0 Å². The minimum atomic E-state index is -0.673. The Balaban J connectivity index is 2.52. The predicted octanol–water partition coefficient (Wildman–Crippen LogP) is 1.07. The van der Waals surface area contributed by atoms with Crippen molar-refractivity contribution >= 4 is 12.2 Å². The van der Waals surface area contributed by atoms with Gasteiger partial charge in [0.15, 0.2) is 6.23 Å². The third-order valence-electron chi connectivity index (χ3n) is 3.92. The summed E-state index contributed by atoms with van der Waals surface area (Å²) in [6.45, 7) is 3.63. The molecule has 1 aromatic rings. The lowest BCUT2D eigenvalue weighted by atomic mass is 9.77. The summed E-state index contributed by atoms with van der Waals surface area (Å²) in [5, 5.41) is 9.34. The standard InChI is InChI=1S/C13H16N2O3S/c1-4-13(3)8(2)9(7-16)18-11(13)15-6-5-10(19)14-12(15)17/h1,5-6,8-9,11,16H,7H2,2-3H3,(H,14,17,19)/t8-,9?,11?,13?/m0/s1. The number of hydrogen-bond acceptors (Lipinski definition) is 4. The van der Waals surface area contributed by atoms with E-state index in [1.165, 1.54) is 4.57 Å². The number of nitrogens with one attached hydrogen (secondary N) is 1. The fourth-order valence-electron chi connectivity index (χ4n) is 2.41. The van der Waals surface area contributed by atoms with E-state index < -0.39 is 11.6 Å². The highest BCUT2D eigenvalue weighted by Crippen LogP contribution is 2.48. The van der Waals surface area contributed by atoms with Crippen molar-refractivity contribution in [2.24, 2.45) is 11.3 Å². The number of terminal acetylenes is 1. The van der Waals surface area contributed by atoms with Crippen molar-refractivity contribution in [3.05, 3.63) is 27.4 Å². The largest absolute Gasteiger partial charge is 0.394 e. The molecule has 0 bridgehead atoms. The van der Waals surface area contributed by atoms with Gasteiger partial charge >= 0.3 is 5.69 Å². The number of rotatable bonds is 2. The summed E-state index contributed by atoms with van der Waals surface area (Å²) >= 11 is 4.90. The number of aliphatic hydroxyl groups is 1. The normalized spacial score (nSPS) is 34.1. The summed E-state index contributed by atoms with van der Waals surface area (Å²) in [6.07, 6.45) is 6.18. The fourth-order valence-corrected chi connectivity index (χ4v) is 2.55. The number of H-pyrrole nitrogens is 1. The Labute approximate surface area is 116 Å². The van der Waals surface area contributed by atoms with Crippen molar-refractivity contribution < 1.29 is 9.84 Å². The maximum atomic E-state index is 12.0. The average Bonchev–Trinajstić information content (AvgIpc) is 2.63.